The predicted molar refractivity (Wildman–Crippen MR) is 63.1 cm³/mol. The number of hydrogen-bond acceptors (Lipinski definition) is 3. The molecule has 0 saturated heterocycles. The quantitative estimate of drug-likeness (QED) is 0.820. The molecule has 0 aliphatic heterocycles. The zero-order valence-corrected chi connectivity index (χ0v) is 10.3. The number of nitrogens with one attached hydrogen (secondary N) is 1. The molecule has 0 bridgehead atoms. The Bertz CT molecular complexity index is 380. The average Bonchev–Trinajstić information content (AvgIpc) is 2.28. The van der Waals surface area contributed by atoms with Crippen molar-refractivity contribution in [3.05, 3.63) is 23.9 Å². The van der Waals surface area contributed by atoms with Crippen LogP contribution in [-0.4, -0.2) is 29.4 Å². The Balaban J connectivity index is 2.88. The second kappa shape index (κ2) is 5.16. The van der Waals surface area contributed by atoms with Gasteiger partial charge in [0.2, 0.25) is 5.88 Å². The summed E-state index contributed by atoms with van der Waals surface area (Å²) in [6, 6.07) is 3.34. The monoisotopic (exact) mass is 242 g/mol. The highest BCUT2D eigenvalue weighted by Gasteiger charge is 2.22. The Kier molecular flexibility index (Phi) is 4.12. The molecule has 0 saturated carbocycles. The summed E-state index contributed by atoms with van der Waals surface area (Å²) in [6.07, 6.45) is 1.57. The highest BCUT2D eigenvalue weighted by Crippen LogP contribution is 2.15. The van der Waals surface area contributed by atoms with Gasteiger partial charge in [-0.1, -0.05) is 0 Å². The van der Waals surface area contributed by atoms with Gasteiger partial charge in [-0.2, -0.15) is 0 Å². The fraction of sp³-hybridized carbons (Fsp3) is 0.455. The summed E-state index contributed by atoms with van der Waals surface area (Å²) in [5, 5.41) is 2.81. The fourth-order valence-electron chi connectivity index (χ4n) is 1.13. The van der Waals surface area contributed by atoms with Crippen LogP contribution in [0.1, 0.15) is 24.2 Å². The number of aromatic nitrogens is 1. The van der Waals surface area contributed by atoms with Crippen LogP contribution in [0.3, 0.4) is 0 Å². The van der Waals surface area contributed by atoms with E-state index in [4.69, 9.17) is 16.3 Å². The molecule has 0 aliphatic rings. The molecule has 0 radical (unpaired) electrons. The maximum absolute atomic E-state index is 11.9. The van der Waals surface area contributed by atoms with Crippen LogP contribution in [0.2, 0.25) is 0 Å². The molecule has 1 amide bonds. The van der Waals surface area contributed by atoms with Crippen LogP contribution in [-0.2, 0) is 0 Å². The predicted octanol–water partition coefficient (Wildman–Crippen LogP) is 1.84. The van der Waals surface area contributed by atoms with Crippen molar-refractivity contribution in [1.29, 1.82) is 0 Å². The Morgan fingerprint density at radius 2 is 2.31 bits per heavy atom. The van der Waals surface area contributed by atoms with Crippen LogP contribution in [0.15, 0.2) is 18.3 Å². The van der Waals surface area contributed by atoms with Crippen molar-refractivity contribution < 1.29 is 9.53 Å². The summed E-state index contributed by atoms with van der Waals surface area (Å²) < 4.78 is 5.01. The number of carbonyl (C=O) groups is 1. The summed E-state index contributed by atoms with van der Waals surface area (Å²) >= 11 is 5.74. The standard InChI is InChI=1S/C11H15ClN2O2/c1-11(2,7-12)14-9(15)8-5-4-6-13-10(8)16-3/h4-6H,7H2,1-3H3,(H,14,15). The minimum Gasteiger partial charge on any atom is -0.480 e. The lowest BCUT2D eigenvalue weighted by atomic mass is 10.1. The summed E-state index contributed by atoms with van der Waals surface area (Å²) in [5.41, 5.74) is -0.0531. The third-order valence-corrected chi connectivity index (χ3v) is 2.66. The lowest BCUT2D eigenvalue weighted by molar-refractivity contribution is 0.0916. The van der Waals surface area contributed by atoms with Crippen molar-refractivity contribution in [2.24, 2.45) is 0 Å². The number of halogens is 1. The van der Waals surface area contributed by atoms with Crippen molar-refractivity contribution in [2.45, 2.75) is 19.4 Å². The number of amides is 1. The largest absolute Gasteiger partial charge is 0.480 e. The summed E-state index contributed by atoms with van der Waals surface area (Å²) in [7, 11) is 1.48. The van der Waals surface area contributed by atoms with Crippen LogP contribution in [0.5, 0.6) is 5.88 Å². The van der Waals surface area contributed by atoms with Gasteiger partial charge in [-0.3, -0.25) is 4.79 Å². The highest BCUT2D eigenvalue weighted by molar-refractivity contribution is 6.18. The van der Waals surface area contributed by atoms with Crippen molar-refractivity contribution in [1.82, 2.24) is 10.3 Å². The molecular formula is C11H15ClN2O2. The molecule has 1 N–H and O–H groups in total. The Morgan fingerprint density at radius 1 is 1.62 bits per heavy atom. The average molecular weight is 243 g/mol. The molecule has 1 aromatic heterocycles. The summed E-state index contributed by atoms with van der Waals surface area (Å²) in [5.74, 6) is 0.405. The van der Waals surface area contributed by atoms with Gasteiger partial charge in [0.15, 0.2) is 0 Å². The van der Waals surface area contributed by atoms with Gasteiger partial charge in [-0.25, -0.2) is 4.98 Å². The molecule has 0 atom stereocenters. The van der Waals surface area contributed by atoms with Gasteiger partial charge < -0.3 is 10.1 Å². The number of ether oxygens (including phenoxy) is 1. The molecule has 0 aromatic carbocycles. The SMILES string of the molecule is COc1ncccc1C(=O)NC(C)(C)CCl. The van der Waals surface area contributed by atoms with Crippen molar-refractivity contribution in [3.8, 4) is 5.88 Å². The van der Waals surface area contributed by atoms with Crippen LogP contribution in [0, 0.1) is 0 Å². The van der Waals surface area contributed by atoms with Gasteiger partial charge in [0.1, 0.15) is 5.56 Å². The van der Waals surface area contributed by atoms with Crippen molar-refractivity contribution in [2.75, 3.05) is 13.0 Å². The highest BCUT2D eigenvalue weighted by atomic mass is 35.5. The van der Waals surface area contributed by atoms with Gasteiger partial charge in [0.05, 0.1) is 7.11 Å². The van der Waals surface area contributed by atoms with Gasteiger partial charge >= 0.3 is 0 Å². The number of rotatable bonds is 4. The first-order valence-electron chi connectivity index (χ1n) is 4.87. The zero-order valence-electron chi connectivity index (χ0n) is 9.58. The first-order chi connectivity index (χ1) is 7.50. The maximum Gasteiger partial charge on any atom is 0.257 e. The molecule has 1 heterocycles. The third-order valence-electron chi connectivity index (χ3n) is 2.00. The van der Waals surface area contributed by atoms with E-state index in [1.165, 1.54) is 7.11 Å². The van der Waals surface area contributed by atoms with Crippen molar-refractivity contribution in [3.63, 3.8) is 0 Å². The molecule has 1 rings (SSSR count). The number of methoxy groups -OCH3 is 1. The van der Waals surface area contributed by atoms with Crippen LogP contribution in [0.25, 0.3) is 0 Å². The molecule has 0 spiro atoms. The zero-order chi connectivity index (χ0) is 12.2. The van der Waals surface area contributed by atoms with E-state index in [1.807, 2.05) is 13.8 Å². The minimum atomic E-state index is -0.459. The smallest absolute Gasteiger partial charge is 0.257 e. The van der Waals surface area contributed by atoms with Gasteiger partial charge in [0.25, 0.3) is 5.91 Å². The molecule has 0 fully saturated rings. The van der Waals surface area contributed by atoms with Gasteiger partial charge in [-0.15, -0.1) is 11.6 Å². The third kappa shape index (κ3) is 3.10. The molecule has 0 unspecified atom stereocenters. The molecule has 16 heavy (non-hydrogen) atoms. The van der Waals surface area contributed by atoms with E-state index in [0.29, 0.717) is 17.3 Å². The van der Waals surface area contributed by atoms with Gasteiger partial charge in [0, 0.05) is 17.6 Å². The molecular weight excluding hydrogens is 228 g/mol. The van der Waals surface area contributed by atoms with Crippen LogP contribution >= 0.6 is 11.6 Å². The number of carbonyl (C=O) groups excluding carboxylic acids is 1. The molecule has 4 nitrogen and oxygen atoms in total. The molecule has 5 heteroatoms. The first-order valence-corrected chi connectivity index (χ1v) is 5.41. The Morgan fingerprint density at radius 3 is 2.88 bits per heavy atom. The van der Waals surface area contributed by atoms with E-state index in [-0.39, 0.29) is 5.91 Å². The van der Waals surface area contributed by atoms with E-state index in [2.05, 4.69) is 10.3 Å². The molecule has 0 aliphatic carbocycles. The van der Waals surface area contributed by atoms with E-state index in [9.17, 15) is 4.79 Å². The normalized spacial score (nSPS) is 11.0. The topological polar surface area (TPSA) is 51.2 Å². The van der Waals surface area contributed by atoms with E-state index in [0.717, 1.165) is 0 Å². The number of hydrogen-bond donors (Lipinski definition) is 1. The number of pyridine rings is 1. The number of nitrogens with zero attached hydrogens (tertiary/aromatic N) is 1. The molecule has 88 valence electrons. The lowest BCUT2D eigenvalue weighted by Crippen LogP contribution is -2.45. The van der Waals surface area contributed by atoms with E-state index in [1.54, 1.807) is 18.3 Å². The first kappa shape index (κ1) is 12.8. The van der Waals surface area contributed by atoms with Gasteiger partial charge in [-0.05, 0) is 26.0 Å². The Hall–Kier alpha value is -1.29. The van der Waals surface area contributed by atoms with E-state index >= 15 is 0 Å². The lowest BCUT2D eigenvalue weighted by Gasteiger charge is -2.23. The van der Waals surface area contributed by atoms with Crippen molar-refractivity contribution >= 4 is 17.5 Å². The summed E-state index contributed by atoms with van der Waals surface area (Å²) in [4.78, 5) is 15.9. The summed E-state index contributed by atoms with van der Waals surface area (Å²) in [6.45, 7) is 3.70. The number of alkyl halides is 1. The van der Waals surface area contributed by atoms with Crippen LogP contribution < -0.4 is 10.1 Å². The van der Waals surface area contributed by atoms with E-state index < -0.39 is 5.54 Å². The Labute approximate surface area is 100.0 Å². The maximum atomic E-state index is 11.9. The second-order valence-corrected chi connectivity index (χ2v) is 4.30. The second-order valence-electron chi connectivity index (χ2n) is 4.03. The minimum absolute atomic E-state index is 0.240. The molecule has 1 aromatic rings. The van der Waals surface area contributed by atoms with Crippen LogP contribution in [0.4, 0.5) is 0 Å². The fourth-order valence-corrected chi connectivity index (χ4v) is 1.20.